The zero-order valence-electron chi connectivity index (χ0n) is 22.8. The molecule has 0 bridgehead atoms. The summed E-state index contributed by atoms with van der Waals surface area (Å²) in [5.41, 5.74) is -1.09. The van der Waals surface area contributed by atoms with Gasteiger partial charge in [-0.1, -0.05) is 6.92 Å². The number of hydrogen-bond acceptors (Lipinski definition) is 15. The quantitative estimate of drug-likeness (QED) is 0.161. The minimum absolute atomic E-state index is 0.0503. The minimum atomic E-state index is -1.64. The molecule has 43 heavy (non-hydrogen) atoms. The Kier molecular flexibility index (Phi) is 8.43. The summed E-state index contributed by atoms with van der Waals surface area (Å²) < 4.78 is 28.5. The lowest BCUT2D eigenvalue weighted by Gasteiger charge is -2.43. The lowest BCUT2D eigenvalue weighted by molar-refractivity contribution is -0.313. The average Bonchev–Trinajstić information content (AvgIpc) is 2.96. The SMILES string of the molecule is CC1OC(OCC2OC(Oc3c(-c4ccc(O)c(O)c4)oc4cc(O)cc(O)c4c3=O)C(C)C(O)C2O)C(O)C(O)C1O. The van der Waals surface area contributed by atoms with E-state index in [1.54, 1.807) is 0 Å². The molecule has 2 aliphatic heterocycles. The molecule has 2 aromatic carbocycles. The number of fused-ring (bicyclic) bond motifs is 1. The van der Waals surface area contributed by atoms with Crippen molar-refractivity contribution in [2.75, 3.05) is 6.61 Å². The predicted molar refractivity (Wildman–Crippen MR) is 143 cm³/mol. The van der Waals surface area contributed by atoms with Gasteiger partial charge in [-0.25, -0.2) is 0 Å². The summed E-state index contributed by atoms with van der Waals surface area (Å²) >= 11 is 0. The molecule has 3 heterocycles. The summed E-state index contributed by atoms with van der Waals surface area (Å²) in [6.45, 7) is 2.43. The topological polar surface area (TPSA) is 249 Å². The van der Waals surface area contributed by atoms with Crippen molar-refractivity contribution < 1.29 is 69.3 Å². The van der Waals surface area contributed by atoms with Crippen molar-refractivity contribution in [2.24, 2.45) is 5.92 Å². The highest BCUT2D eigenvalue weighted by Crippen LogP contribution is 2.40. The number of hydrogen-bond donors (Lipinski definition) is 9. The Bertz CT molecular complexity index is 1540. The van der Waals surface area contributed by atoms with E-state index in [9.17, 15) is 50.8 Å². The maximum Gasteiger partial charge on any atom is 0.239 e. The van der Waals surface area contributed by atoms with Crippen molar-refractivity contribution in [3.8, 4) is 40.1 Å². The number of aliphatic hydroxyl groups is 5. The van der Waals surface area contributed by atoms with Crippen LogP contribution in [0.15, 0.2) is 39.5 Å². The molecule has 0 spiro atoms. The van der Waals surface area contributed by atoms with E-state index in [2.05, 4.69) is 0 Å². The normalized spacial score (nSPS) is 33.0. The molecule has 9 N–H and O–H groups in total. The number of aromatic hydroxyl groups is 4. The highest BCUT2D eigenvalue weighted by Gasteiger charge is 2.46. The second kappa shape index (κ2) is 11.8. The van der Waals surface area contributed by atoms with E-state index in [1.165, 1.54) is 19.9 Å². The van der Waals surface area contributed by atoms with Crippen LogP contribution in [0.2, 0.25) is 0 Å². The smallest absolute Gasteiger partial charge is 0.239 e. The van der Waals surface area contributed by atoms with Crippen LogP contribution in [0.25, 0.3) is 22.3 Å². The van der Waals surface area contributed by atoms with Gasteiger partial charge >= 0.3 is 0 Å². The molecule has 2 aliphatic rings. The van der Waals surface area contributed by atoms with Gasteiger partial charge in [0.25, 0.3) is 0 Å². The molecule has 10 unspecified atom stereocenters. The van der Waals surface area contributed by atoms with Crippen molar-refractivity contribution in [1.82, 2.24) is 0 Å². The molecule has 10 atom stereocenters. The fraction of sp³-hybridized carbons (Fsp3) is 0.464. The maximum absolute atomic E-state index is 13.7. The molecule has 15 nitrogen and oxygen atoms in total. The van der Waals surface area contributed by atoms with E-state index >= 15 is 0 Å². The Hall–Kier alpha value is -3.67. The van der Waals surface area contributed by atoms with Crippen molar-refractivity contribution in [3.63, 3.8) is 0 Å². The minimum Gasteiger partial charge on any atom is -0.508 e. The zero-order valence-corrected chi connectivity index (χ0v) is 22.8. The summed E-state index contributed by atoms with van der Waals surface area (Å²) in [7, 11) is 0. The van der Waals surface area contributed by atoms with Crippen LogP contribution in [-0.4, -0.2) is 108 Å². The van der Waals surface area contributed by atoms with E-state index in [4.69, 9.17) is 23.4 Å². The van der Waals surface area contributed by atoms with Crippen molar-refractivity contribution in [1.29, 1.82) is 0 Å². The van der Waals surface area contributed by atoms with Gasteiger partial charge in [-0.05, 0) is 25.1 Å². The standard InChI is InChI=1S/C28H32O15/c1-9-19(33)21(35)17(8-39-28-24(38)23(37)20(34)10(2)40-28)42-27(9)43-26-22(36)18-15(32)6-12(29)7-16(18)41-25(26)11-3-4-13(30)14(31)5-11/h3-7,9-10,17,19-21,23-24,27-35,37-38H,8H2,1-2H3. The van der Waals surface area contributed by atoms with Gasteiger partial charge in [-0.2, -0.15) is 0 Å². The summed E-state index contributed by atoms with van der Waals surface area (Å²) in [5.74, 6) is -3.84. The largest absolute Gasteiger partial charge is 0.508 e. The fourth-order valence-electron chi connectivity index (χ4n) is 5.03. The predicted octanol–water partition coefficient (Wildman–Crippen LogP) is -0.412. The van der Waals surface area contributed by atoms with Gasteiger partial charge in [0, 0.05) is 23.6 Å². The van der Waals surface area contributed by atoms with E-state index in [-0.39, 0.29) is 22.3 Å². The number of benzene rings is 2. The number of rotatable bonds is 6. The highest BCUT2D eigenvalue weighted by atomic mass is 16.7. The van der Waals surface area contributed by atoms with Crippen molar-refractivity contribution >= 4 is 11.0 Å². The molecule has 0 amide bonds. The van der Waals surface area contributed by atoms with Gasteiger partial charge < -0.3 is 69.3 Å². The summed E-state index contributed by atoms with van der Waals surface area (Å²) in [4.78, 5) is 13.7. The van der Waals surface area contributed by atoms with Crippen molar-refractivity contribution in [3.05, 3.63) is 40.6 Å². The first-order chi connectivity index (χ1) is 20.3. The lowest BCUT2D eigenvalue weighted by atomic mass is 9.92. The van der Waals surface area contributed by atoms with E-state index in [1.807, 2.05) is 0 Å². The third-order valence-corrected chi connectivity index (χ3v) is 7.63. The number of aliphatic hydroxyl groups excluding tert-OH is 5. The van der Waals surface area contributed by atoms with E-state index in [0.29, 0.717) is 0 Å². The van der Waals surface area contributed by atoms with E-state index in [0.717, 1.165) is 24.3 Å². The first-order valence-corrected chi connectivity index (χ1v) is 13.3. The molecule has 0 radical (unpaired) electrons. The Balaban J connectivity index is 1.48. The Morgan fingerprint density at radius 1 is 0.767 bits per heavy atom. The second-order valence-electron chi connectivity index (χ2n) is 10.6. The van der Waals surface area contributed by atoms with Crippen LogP contribution >= 0.6 is 0 Å². The highest BCUT2D eigenvalue weighted by molar-refractivity contribution is 5.88. The van der Waals surface area contributed by atoms with Crippen LogP contribution in [0, 0.1) is 5.92 Å². The maximum atomic E-state index is 13.7. The molecule has 234 valence electrons. The van der Waals surface area contributed by atoms with E-state index < -0.39 is 102 Å². The van der Waals surface area contributed by atoms with Gasteiger partial charge in [0.2, 0.25) is 17.5 Å². The summed E-state index contributed by atoms with van der Waals surface area (Å²) in [5, 5.41) is 91.5. The number of phenolic OH excluding ortho intramolecular Hbond substituents is 4. The van der Waals surface area contributed by atoms with Gasteiger partial charge in [0.15, 0.2) is 23.5 Å². The Morgan fingerprint density at radius 2 is 1.49 bits per heavy atom. The fourth-order valence-corrected chi connectivity index (χ4v) is 5.03. The summed E-state index contributed by atoms with van der Waals surface area (Å²) in [6.07, 6.45) is -12.7. The van der Waals surface area contributed by atoms with Crippen molar-refractivity contribution in [2.45, 2.75) is 69.2 Å². The van der Waals surface area contributed by atoms with Gasteiger partial charge in [0.05, 0.1) is 18.8 Å². The van der Waals surface area contributed by atoms with Crippen LogP contribution < -0.4 is 10.2 Å². The Labute approximate surface area is 242 Å². The first kappa shape index (κ1) is 30.8. The molecule has 3 aromatic rings. The third-order valence-electron chi connectivity index (χ3n) is 7.63. The molecule has 1 aromatic heterocycles. The monoisotopic (exact) mass is 608 g/mol. The zero-order chi connectivity index (χ0) is 31.3. The van der Waals surface area contributed by atoms with Crippen LogP contribution in [0.4, 0.5) is 0 Å². The van der Waals surface area contributed by atoms with Gasteiger partial charge in [0.1, 0.15) is 53.0 Å². The molecular weight excluding hydrogens is 576 g/mol. The molecule has 5 rings (SSSR count). The van der Waals surface area contributed by atoms with Crippen LogP contribution in [0.1, 0.15) is 13.8 Å². The first-order valence-electron chi connectivity index (χ1n) is 13.3. The van der Waals surface area contributed by atoms with Crippen LogP contribution in [0.3, 0.4) is 0 Å². The number of phenols is 4. The molecule has 0 aliphatic carbocycles. The molecule has 2 saturated heterocycles. The van der Waals surface area contributed by atoms with Crippen LogP contribution in [0.5, 0.6) is 28.7 Å². The molecule has 2 fully saturated rings. The molecular formula is C28H32O15. The number of ether oxygens (including phenoxy) is 4. The average molecular weight is 609 g/mol. The molecule has 15 heteroatoms. The van der Waals surface area contributed by atoms with Gasteiger partial charge in [-0.3, -0.25) is 4.79 Å². The second-order valence-corrected chi connectivity index (χ2v) is 10.6. The Morgan fingerprint density at radius 3 is 2.19 bits per heavy atom. The van der Waals surface area contributed by atoms with Gasteiger partial charge in [-0.15, -0.1) is 0 Å². The lowest BCUT2D eigenvalue weighted by Crippen LogP contribution is -2.59. The third kappa shape index (κ3) is 5.69. The molecule has 0 saturated carbocycles. The summed E-state index contributed by atoms with van der Waals surface area (Å²) in [6, 6.07) is 5.51. The van der Waals surface area contributed by atoms with Crippen LogP contribution in [-0.2, 0) is 14.2 Å².